The fourth-order valence-electron chi connectivity index (χ4n) is 1.99. The van der Waals surface area contributed by atoms with E-state index in [0.717, 1.165) is 42.4 Å². The van der Waals surface area contributed by atoms with Gasteiger partial charge in [-0.15, -0.1) is 0 Å². The Balaban J connectivity index is 2.57. The zero-order chi connectivity index (χ0) is 12.4. The number of hydrogen-bond acceptors (Lipinski definition) is 3. The first-order valence-corrected chi connectivity index (χ1v) is 6.04. The SMILES string of the molecule is CCCn1nc(C)c(N)c1-n1ccnc1CC. The van der Waals surface area contributed by atoms with Crippen LogP contribution >= 0.6 is 0 Å². The van der Waals surface area contributed by atoms with Crippen molar-refractivity contribution >= 4 is 5.69 Å². The van der Waals surface area contributed by atoms with Gasteiger partial charge in [0.15, 0.2) is 5.82 Å². The second kappa shape index (κ2) is 4.61. The molecule has 5 nitrogen and oxygen atoms in total. The van der Waals surface area contributed by atoms with Crippen molar-refractivity contribution < 1.29 is 0 Å². The van der Waals surface area contributed by atoms with Crippen LogP contribution in [0.5, 0.6) is 0 Å². The van der Waals surface area contributed by atoms with Gasteiger partial charge in [0.2, 0.25) is 0 Å². The van der Waals surface area contributed by atoms with E-state index in [1.54, 1.807) is 6.20 Å². The van der Waals surface area contributed by atoms with Crippen molar-refractivity contribution in [1.29, 1.82) is 0 Å². The molecule has 2 aromatic rings. The number of imidazole rings is 1. The molecule has 0 spiro atoms. The molecule has 0 unspecified atom stereocenters. The lowest BCUT2D eigenvalue weighted by Gasteiger charge is -2.10. The Kier molecular flexibility index (Phi) is 3.17. The number of nitrogens with zero attached hydrogens (tertiary/aromatic N) is 4. The van der Waals surface area contributed by atoms with Gasteiger partial charge in [0.25, 0.3) is 0 Å². The van der Waals surface area contributed by atoms with E-state index < -0.39 is 0 Å². The summed E-state index contributed by atoms with van der Waals surface area (Å²) in [7, 11) is 0. The maximum Gasteiger partial charge on any atom is 0.160 e. The lowest BCUT2D eigenvalue weighted by Crippen LogP contribution is -2.10. The second-order valence-electron chi connectivity index (χ2n) is 4.11. The molecule has 2 N–H and O–H groups in total. The molecule has 0 fully saturated rings. The van der Waals surface area contributed by atoms with Gasteiger partial charge in [0, 0.05) is 25.4 Å². The van der Waals surface area contributed by atoms with E-state index in [2.05, 4.69) is 23.9 Å². The van der Waals surface area contributed by atoms with Gasteiger partial charge in [0.1, 0.15) is 5.82 Å². The topological polar surface area (TPSA) is 61.7 Å². The lowest BCUT2D eigenvalue weighted by molar-refractivity contribution is 0.580. The Morgan fingerprint density at radius 1 is 1.35 bits per heavy atom. The molecular formula is C12H19N5. The molecule has 92 valence electrons. The predicted octanol–water partition coefficient (Wildman–Crippen LogP) is 1.93. The van der Waals surface area contributed by atoms with E-state index in [1.807, 2.05) is 22.4 Å². The molecule has 0 radical (unpaired) electrons. The van der Waals surface area contributed by atoms with E-state index in [0.29, 0.717) is 0 Å². The predicted molar refractivity (Wildman–Crippen MR) is 68.2 cm³/mol. The normalized spacial score (nSPS) is 11.0. The largest absolute Gasteiger partial charge is 0.394 e. The molecule has 2 aromatic heterocycles. The molecule has 0 aliphatic rings. The van der Waals surface area contributed by atoms with Gasteiger partial charge in [-0.1, -0.05) is 13.8 Å². The number of aryl methyl sites for hydroxylation is 3. The molecule has 0 bridgehead atoms. The molecule has 0 aromatic carbocycles. The quantitative estimate of drug-likeness (QED) is 0.877. The van der Waals surface area contributed by atoms with Crippen molar-refractivity contribution in [3.05, 3.63) is 23.9 Å². The molecule has 0 aliphatic heterocycles. The summed E-state index contributed by atoms with van der Waals surface area (Å²) in [5.74, 6) is 1.95. The maximum absolute atomic E-state index is 6.12. The molecule has 0 saturated heterocycles. The molecule has 5 heteroatoms. The van der Waals surface area contributed by atoms with Crippen molar-refractivity contribution in [1.82, 2.24) is 19.3 Å². The molecule has 17 heavy (non-hydrogen) atoms. The van der Waals surface area contributed by atoms with Gasteiger partial charge in [-0.2, -0.15) is 5.10 Å². The number of nitrogen functional groups attached to an aromatic ring is 1. The van der Waals surface area contributed by atoms with Gasteiger partial charge in [0.05, 0.1) is 11.4 Å². The van der Waals surface area contributed by atoms with Gasteiger partial charge in [-0.3, -0.25) is 4.57 Å². The Bertz CT molecular complexity index is 509. The van der Waals surface area contributed by atoms with Crippen molar-refractivity contribution in [3.63, 3.8) is 0 Å². The Labute approximate surface area is 101 Å². The zero-order valence-electron chi connectivity index (χ0n) is 10.6. The second-order valence-corrected chi connectivity index (χ2v) is 4.11. The van der Waals surface area contributed by atoms with Crippen LogP contribution in [0.25, 0.3) is 5.82 Å². The van der Waals surface area contributed by atoms with Crippen molar-refractivity contribution in [2.45, 2.75) is 40.2 Å². The van der Waals surface area contributed by atoms with Crippen molar-refractivity contribution in [3.8, 4) is 5.82 Å². The van der Waals surface area contributed by atoms with Crippen LogP contribution in [0.15, 0.2) is 12.4 Å². The van der Waals surface area contributed by atoms with Crippen LogP contribution in [0.1, 0.15) is 31.8 Å². The monoisotopic (exact) mass is 233 g/mol. The smallest absolute Gasteiger partial charge is 0.160 e. The summed E-state index contributed by atoms with van der Waals surface area (Å²) in [4.78, 5) is 4.33. The highest BCUT2D eigenvalue weighted by Crippen LogP contribution is 2.22. The fourth-order valence-corrected chi connectivity index (χ4v) is 1.99. The summed E-state index contributed by atoms with van der Waals surface area (Å²) >= 11 is 0. The average molecular weight is 233 g/mol. The van der Waals surface area contributed by atoms with Gasteiger partial charge in [-0.05, 0) is 13.3 Å². The maximum atomic E-state index is 6.12. The number of anilines is 1. The van der Waals surface area contributed by atoms with E-state index >= 15 is 0 Å². The molecular weight excluding hydrogens is 214 g/mol. The van der Waals surface area contributed by atoms with Crippen LogP contribution < -0.4 is 5.73 Å². The molecule has 0 amide bonds. The minimum atomic E-state index is 0.742. The highest BCUT2D eigenvalue weighted by molar-refractivity contribution is 5.57. The van der Waals surface area contributed by atoms with Crippen LogP contribution in [0, 0.1) is 6.92 Å². The summed E-state index contributed by atoms with van der Waals surface area (Å²) in [5.41, 5.74) is 7.74. The first-order valence-electron chi connectivity index (χ1n) is 6.04. The van der Waals surface area contributed by atoms with E-state index in [9.17, 15) is 0 Å². The minimum Gasteiger partial charge on any atom is -0.394 e. The highest BCUT2D eigenvalue weighted by atomic mass is 15.4. The van der Waals surface area contributed by atoms with Crippen LogP contribution in [-0.4, -0.2) is 19.3 Å². The molecule has 2 rings (SSSR count). The van der Waals surface area contributed by atoms with E-state index in [4.69, 9.17) is 5.73 Å². The number of hydrogen-bond donors (Lipinski definition) is 1. The first-order chi connectivity index (χ1) is 8.19. The Morgan fingerprint density at radius 2 is 2.12 bits per heavy atom. The van der Waals surface area contributed by atoms with Crippen molar-refractivity contribution in [2.24, 2.45) is 0 Å². The summed E-state index contributed by atoms with van der Waals surface area (Å²) in [6.45, 7) is 7.02. The van der Waals surface area contributed by atoms with E-state index in [1.165, 1.54) is 0 Å². The third-order valence-electron chi connectivity index (χ3n) is 2.84. The summed E-state index contributed by atoms with van der Waals surface area (Å²) in [6, 6.07) is 0. The third-order valence-corrected chi connectivity index (χ3v) is 2.84. The Hall–Kier alpha value is -1.78. The zero-order valence-corrected chi connectivity index (χ0v) is 10.6. The standard InChI is InChI=1S/C12H19N5/c1-4-7-17-12(11(13)9(3)15-17)16-8-6-14-10(16)5-2/h6,8H,4-5,7,13H2,1-3H3. The summed E-state index contributed by atoms with van der Waals surface area (Å²) < 4.78 is 4.00. The van der Waals surface area contributed by atoms with E-state index in [-0.39, 0.29) is 0 Å². The van der Waals surface area contributed by atoms with Crippen molar-refractivity contribution in [2.75, 3.05) is 5.73 Å². The number of aromatic nitrogens is 4. The Morgan fingerprint density at radius 3 is 2.76 bits per heavy atom. The molecule has 0 aliphatic carbocycles. The van der Waals surface area contributed by atoms with Gasteiger partial charge >= 0.3 is 0 Å². The van der Waals surface area contributed by atoms with Gasteiger partial charge < -0.3 is 5.73 Å². The minimum absolute atomic E-state index is 0.742. The molecule has 0 atom stereocenters. The lowest BCUT2D eigenvalue weighted by atomic mass is 10.3. The summed E-state index contributed by atoms with van der Waals surface area (Å²) in [5, 5.41) is 4.47. The fraction of sp³-hybridized carbons (Fsp3) is 0.500. The highest BCUT2D eigenvalue weighted by Gasteiger charge is 2.15. The van der Waals surface area contributed by atoms with Crippen LogP contribution in [0.3, 0.4) is 0 Å². The first kappa shape index (κ1) is 11.7. The molecule has 2 heterocycles. The summed E-state index contributed by atoms with van der Waals surface area (Å²) in [6.07, 6.45) is 5.65. The third kappa shape index (κ3) is 1.92. The molecule has 0 saturated carbocycles. The van der Waals surface area contributed by atoms with Crippen LogP contribution in [0.2, 0.25) is 0 Å². The van der Waals surface area contributed by atoms with Gasteiger partial charge in [-0.25, -0.2) is 9.67 Å². The number of rotatable bonds is 4. The van der Waals surface area contributed by atoms with Crippen LogP contribution in [0.4, 0.5) is 5.69 Å². The average Bonchev–Trinajstić information content (AvgIpc) is 2.86. The van der Waals surface area contributed by atoms with Crippen LogP contribution in [-0.2, 0) is 13.0 Å². The number of nitrogens with two attached hydrogens (primary N) is 1.